The molecule has 2 fully saturated rings. The number of primary amides is 1. The lowest BCUT2D eigenvalue weighted by atomic mass is 10.0. The maximum absolute atomic E-state index is 13.4. The normalized spacial score (nSPS) is 16.8. The number of hydrogen-bond acceptors (Lipinski definition) is 6. The van der Waals surface area contributed by atoms with E-state index in [1.54, 1.807) is 12.1 Å². The van der Waals surface area contributed by atoms with Crippen molar-refractivity contribution in [2.24, 2.45) is 5.73 Å². The van der Waals surface area contributed by atoms with Crippen LogP contribution in [0.1, 0.15) is 75.3 Å². The highest BCUT2D eigenvalue weighted by Gasteiger charge is 2.32. The number of amides is 2. The third-order valence-corrected chi connectivity index (χ3v) is 6.98. The fraction of sp³-hybridized carbons (Fsp3) is 0.409. The van der Waals surface area contributed by atoms with Crippen LogP contribution in [-0.2, 0) is 6.54 Å². The summed E-state index contributed by atoms with van der Waals surface area (Å²) in [4.78, 5) is 31.7. The van der Waals surface area contributed by atoms with Crippen LogP contribution in [0.5, 0.6) is 0 Å². The predicted molar refractivity (Wildman–Crippen MR) is 116 cm³/mol. The fourth-order valence-corrected chi connectivity index (χ4v) is 5.21. The Morgan fingerprint density at radius 2 is 2.03 bits per heavy atom. The maximum Gasteiger partial charge on any atom is 0.291 e. The smallest absolute Gasteiger partial charge is 0.291 e. The number of likely N-dealkylation sites (tertiary alicyclic amines) is 1. The molecule has 0 radical (unpaired) electrons. The number of carbonyl (C=O) groups excluding carboxylic acids is 2. The first-order chi connectivity index (χ1) is 15.4. The molecule has 5 rings (SSSR count). The van der Waals surface area contributed by atoms with Gasteiger partial charge in [0.05, 0.1) is 12.2 Å². The highest BCUT2D eigenvalue weighted by molar-refractivity contribution is 7.21. The van der Waals surface area contributed by atoms with Crippen molar-refractivity contribution in [3.63, 3.8) is 0 Å². The monoisotopic (exact) mass is 460 g/mol. The van der Waals surface area contributed by atoms with Crippen LogP contribution < -0.4 is 11.1 Å². The predicted octanol–water partition coefficient (Wildman–Crippen LogP) is 4.65. The molecule has 2 amide bonds. The van der Waals surface area contributed by atoms with Gasteiger partial charge in [0, 0.05) is 5.39 Å². The molecule has 1 saturated carbocycles. The number of nitrogens with zero attached hydrogens (tertiary/aromatic N) is 2. The van der Waals surface area contributed by atoms with Crippen molar-refractivity contribution in [3.8, 4) is 0 Å². The summed E-state index contributed by atoms with van der Waals surface area (Å²) in [7, 11) is 0. The zero-order valence-electron chi connectivity index (χ0n) is 17.2. The van der Waals surface area contributed by atoms with Crippen molar-refractivity contribution in [1.29, 1.82) is 0 Å². The number of alkyl halides is 2. The molecule has 3 aromatic heterocycles. The lowest BCUT2D eigenvalue weighted by molar-refractivity contribution is 0.0993. The van der Waals surface area contributed by atoms with Crippen LogP contribution in [0, 0.1) is 0 Å². The Kier molecular flexibility index (Phi) is 5.42. The molecule has 0 atom stereocenters. The van der Waals surface area contributed by atoms with Gasteiger partial charge in [-0.25, -0.2) is 13.8 Å². The van der Waals surface area contributed by atoms with Gasteiger partial charge < -0.3 is 15.5 Å². The van der Waals surface area contributed by atoms with E-state index in [4.69, 9.17) is 10.2 Å². The average molecular weight is 461 g/mol. The van der Waals surface area contributed by atoms with Gasteiger partial charge in [-0.05, 0) is 68.5 Å². The molecule has 4 heterocycles. The van der Waals surface area contributed by atoms with Crippen LogP contribution in [0.15, 0.2) is 22.6 Å². The van der Waals surface area contributed by atoms with Crippen LogP contribution >= 0.6 is 11.3 Å². The van der Waals surface area contributed by atoms with Gasteiger partial charge in [-0.15, -0.1) is 11.3 Å². The number of nitrogens with one attached hydrogen (secondary N) is 1. The lowest BCUT2D eigenvalue weighted by Crippen LogP contribution is -2.18. The van der Waals surface area contributed by atoms with Crippen molar-refractivity contribution >= 4 is 39.1 Å². The summed E-state index contributed by atoms with van der Waals surface area (Å²) < 4.78 is 32.5. The minimum Gasteiger partial charge on any atom is -0.455 e. The van der Waals surface area contributed by atoms with E-state index in [1.165, 1.54) is 6.07 Å². The molecule has 10 heteroatoms. The highest BCUT2D eigenvalue weighted by atomic mass is 32.1. The SMILES string of the molecule is NC(=O)c1sc2nc(C(F)F)cc(C3CC3)c2c1NC(=O)c1ccc(CN2CCCC2)o1. The molecule has 0 aromatic carbocycles. The molecule has 3 aromatic rings. The van der Waals surface area contributed by atoms with Crippen molar-refractivity contribution in [2.75, 3.05) is 18.4 Å². The standard InChI is InChI=1S/C22H22F2N4O3S/c23-19(24)14-9-13(11-3-4-11)16-17(18(20(25)29)32-22(16)26-14)27-21(30)15-6-5-12(31-15)10-28-7-1-2-8-28/h5-6,9,11,19H,1-4,7-8,10H2,(H2,25,29)(H,27,30). The van der Waals surface area contributed by atoms with Gasteiger partial charge >= 0.3 is 0 Å². The number of rotatable bonds is 7. The van der Waals surface area contributed by atoms with Crippen molar-refractivity contribution in [2.45, 2.75) is 44.6 Å². The molecule has 32 heavy (non-hydrogen) atoms. The molecule has 1 saturated heterocycles. The Morgan fingerprint density at radius 1 is 1.28 bits per heavy atom. The van der Waals surface area contributed by atoms with Crippen molar-refractivity contribution < 1.29 is 22.8 Å². The molecule has 1 aliphatic heterocycles. The number of pyridine rings is 1. The van der Waals surface area contributed by atoms with Crippen LogP contribution in [0.4, 0.5) is 14.5 Å². The minimum atomic E-state index is -2.73. The van der Waals surface area contributed by atoms with E-state index in [-0.39, 0.29) is 32.8 Å². The van der Waals surface area contributed by atoms with Crippen molar-refractivity contribution in [1.82, 2.24) is 9.88 Å². The number of aromatic nitrogens is 1. The number of halogens is 2. The third-order valence-electron chi connectivity index (χ3n) is 5.88. The zero-order chi connectivity index (χ0) is 22.4. The Bertz CT molecular complexity index is 1200. The Labute approximate surface area is 186 Å². The second kappa shape index (κ2) is 8.25. The van der Waals surface area contributed by atoms with Gasteiger partial charge in [-0.1, -0.05) is 0 Å². The number of furan rings is 1. The van der Waals surface area contributed by atoms with Crippen LogP contribution in [0.2, 0.25) is 0 Å². The largest absolute Gasteiger partial charge is 0.455 e. The zero-order valence-corrected chi connectivity index (χ0v) is 18.0. The first kappa shape index (κ1) is 21.0. The second-order valence-corrected chi connectivity index (χ2v) is 9.26. The van der Waals surface area contributed by atoms with E-state index in [2.05, 4.69) is 15.2 Å². The molecule has 0 unspecified atom stereocenters. The lowest BCUT2D eigenvalue weighted by Gasteiger charge is -2.12. The van der Waals surface area contributed by atoms with E-state index < -0.39 is 18.2 Å². The molecule has 1 aliphatic carbocycles. The quantitative estimate of drug-likeness (QED) is 0.534. The van der Waals surface area contributed by atoms with E-state index >= 15 is 0 Å². The molecule has 0 spiro atoms. The maximum atomic E-state index is 13.4. The summed E-state index contributed by atoms with van der Waals surface area (Å²) in [6.07, 6.45) is 1.29. The van der Waals surface area contributed by atoms with E-state index in [0.29, 0.717) is 23.3 Å². The molecule has 168 valence electrons. The molecule has 2 aliphatic rings. The summed E-state index contributed by atoms with van der Waals surface area (Å²) in [6, 6.07) is 4.73. The number of hydrogen-bond donors (Lipinski definition) is 2. The van der Waals surface area contributed by atoms with E-state index in [1.807, 2.05) is 0 Å². The van der Waals surface area contributed by atoms with Crippen LogP contribution in [-0.4, -0.2) is 34.8 Å². The fourth-order valence-electron chi connectivity index (χ4n) is 4.19. The molecule has 7 nitrogen and oxygen atoms in total. The molecular weight excluding hydrogens is 438 g/mol. The van der Waals surface area contributed by atoms with Gasteiger partial charge in [0.2, 0.25) is 0 Å². The summed E-state index contributed by atoms with van der Waals surface area (Å²) in [6.45, 7) is 2.64. The average Bonchev–Trinajstić information content (AvgIpc) is 3.12. The number of thiophene rings is 1. The minimum absolute atomic E-state index is 0.0815. The van der Waals surface area contributed by atoms with Crippen molar-refractivity contribution in [3.05, 3.63) is 45.9 Å². The summed E-state index contributed by atoms with van der Waals surface area (Å²) >= 11 is 0.916. The number of anilines is 1. The van der Waals surface area contributed by atoms with E-state index in [0.717, 1.165) is 50.1 Å². The summed E-state index contributed by atoms with van der Waals surface area (Å²) in [5.74, 6) is -0.389. The van der Waals surface area contributed by atoms with E-state index in [9.17, 15) is 18.4 Å². The Hall–Kier alpha value is -2.85. The number of fused-ring (bicyclic) bond motifs is 1. The first-order valence-corrected chi connectivity index (χ1v) is 11.4. The molecule has 3 N–H and O–H groups in total. The highest BCUT2D eigenvalue weighted by Crippen LogP contribution is 2.48. The third kappa shape index (κ3) is 4.00. The van der Waals surface area contributed by atoms with Crippen LogP contribution in [0.25, 0.3) is 10.2 Å². The van der Waals surface area contributed by atoms with Gasteiger partial charge in [-0.2, -0.15) is 0 Å². The topological polar surface area (TPSA) is 101 Å². The van der Waals surface area contributed by atoms with Gasteiger partial charge in [0.15, 0.2) is 5.76 Å². The Morgan fingerprint density at radius 3 is 2.69 bits per heavy atom. The first-order valence-electron chi connectivity index (χ1n) is 10.6. The second-order valence-electron chi connectivity index (χ2n) is 8.27. The molecule has 0 bridgehead atoms. The van der Waals surface area contributed by atoms with Gasteiger partial charge in [0.1, 0.15) is 21.2 Å². The number of carbonyl (C=O) groups is 2. The molecular formula is C22H22F2N4O3S. The summed E-state index contributed by atoms with van der Waals surface area (Å²) in [5, 5.41) is 3.25. The summed E-state index contributed by atoms with van der Waals surface area (Å²) in [5.41, 5.74) is 6.09. The van der Waals surface area contributed by atoms with Gasteiger partial charge in [-0.3, -0.25) is 14.5 Å². The number of nitrogens with two attached hydrogens (primary N) is 1. The Balaban J connectivity index is 1.49. The van der Waals surface area contributed by atoms with Gasteiger partial charge in [0.25, 0.3) is 18.2 Å². The van der Waals surface area contributed by atoms with Crippen LogP contribution in [0.3, 0.4) is 0 Å².